The highest BCUT2D eigenvalue weighted by Gasteiger charge is 2.42. The van der Waals surface area contributed by atoms with Crippen molar-refractivity contribution in [2.75, 3.05) is 45.9 Å². The standard InChI is InChI=1S/C69H86N6O8Si2/c1-49(2)84(50(3)4,51(5)6)38-15-13-36-82-63-28-24-55(25-29-63)20-22-57-40-61(71-65(42-57)68(78)79)46-73-32-34-74(44-59-18-17-19-60(70-59)45-75(35-33-73)48-67(76)77)47-62-41-58(43-66(72-62)69(80)81)23-21-56-26-30-64(31-27-56)83-37-14-16-39-85(52(7)8,53(9)10)54(11)12/h17-19,24-31,40-43,49-54H,13-14,32-37,44-48H2,1-12H3,(H,76,77)(H,78,79)(H,80,81). The first-order valence-corrected chi connectivity index (χ1v) is 34.3. The number of rotatable bonds is 20. The number of carbonyl (C=O) groups is 3. The van der Waals surface area contributed by atoms with E-state index in [1.807, 2.05) is 71.6 Å². The molecule has 3 aromatic heterocycles. The highest BCUT2D eigenvalue weighted by atomic mass is 28.3. The monoisotopic (exact) mass is 1180 g/mol. The van der Waals surface area contributed by atoms with Gasteiger partial charge in [-0.2, -0.15) is 0 Å². The number of pyridine rings is 3. The maximum Gasteiger partial charge on any atom is 0.354 e. The van der Waals surface area contributed by atoms with Crippen molar-refractivity contribution >= 4 is 34.1 Å². The highest BCUT2D eigenvalue weighted by molar-refractivity contribution is 6.91. The van der Waals surface area contributed by atoms with Crippen molar-refractivity contribution < 1.29 is 39.2 Å². The van der Waals surface area contributed by atoms with Gasteiger partial charge in [0.15, 0.2) is 0 Å². The summed E-state index contributed by atoms with van der Waals surface area (Å²) in [5.41, 5.74) is 15.4. The summed E-state index contributed by atoms with van der Waals surface area (Å²) in [6.07, 6.45) is 1.29. The second kappa shape index (κ2) is 31.6. The number of hydrogen-bond donors (Lipinski definition) is 3. The van der Waals surface area contributed by atoms with Gasteiger partial charge < -0.3 is 24.8 Å². The van der Waals surface area contributed by atoms with E-state index in [-0.39, 0.29) is 37.6 Å². The minimum atomic E-state index is -1.81. The molecule has 5 aromatic rings. The quantitative estimate of drug-likeness (QED) is 0.0381. The molecule has 448 valence electrons. The van der Waals surface area contributed by atoms with Gasteiger partial charge in [0, 0.05) is 87.5 Å². The highest BCUT2D eigenvalue weighted by Crippen LogP contribution is 2.42. The van der Waals surface area contributed by atoms with Crippen molar-refractivity contribution in [2.24, 2.45) is 0 Å². The molecule has 14 nitrogen and oxygen atoms in total. The van der Waals surface area contributed by atoms with Crippen LogP contribution in [0, 0.1) is 46.6 Å². The average Bonchev–Trinajstić information content (AvgIpc) is 3.45. The number of benzene rings is 2. The summed E-state index contributed by atoms with van der Waals surface area (Å²) < 4.78 is 12.1. The third-order valence-electron chi connectivity index (χ3n) is 16.2. The van der Waals surface area contributed by atoms with Crippen LogP contribution >= 0.6 is 0 Å². The van der Waals surface area contributed by atoms with Crippen LogP contribution in [0.2, 0.25) is 33.2 Å². The van der Waals surface area contributed by atoms with E-state index in [2.05, 4.69) is 149 Å². The molecular formula is C69H86N6O8Si2. The molecule has 16 heteroatoms. The second-order valence-electron chi connectivity index (χ2n) is 23.9. The summed E-state index contributed by atoms with van der Waals surface area (Å²) in [5, 5.41) is 30.4. The number of aromatic carboxylic acids is 2. The summed E-state index contributed by atoms with van der Waals surface area (Å²) >= 11 is 0. The van der Waals surface area contributed by atoms with Crippen molar-refractivity contribution in [3.63, 3.8) is 0 Å². The molecule has 1 aliphatic heterocycles. The molecule has 2 aromatic carbocycles. The van der Waals surface area contributed by atoms with Gasteiger partial charge in [0.1, 0.15) is 39.0 Å². The third-order valence-corrected chi connectivity index (χ3v) is 28.9. The predicted octanol–water partition coefficient (Wildman–Crippen LogP) is 12.5. The lowest BCUT2D eigenvalue weighted by Gasteiger charge is -2.38. The van der Waals surface area contributed by atoms with Gasteiger partial charge in [-0.15, -0.1) is 22.9 Å². The molecule has 6 rings (SSSR count). The average molecular weight is 1180 g/mol. The molecule has 0 amide bonds. The van der Waals surface area contributed by atoms with Gasteiger partial charge >= 0.3 is 17.9 Å². The molecule has 0 fully saturated rings. The lowest BCUT2D eigenvalue weighted by atomic mass is 10.1. The Balaban J connectivity index is 1.19. The molecule has 0 saturated carbocycles. The third kappa shape index (κ3) is 19.2. The number of carboxylic acid groups (broad SMARTS) is 3. The summed E-state index contributed by atoms with van der Waals surface area (Å²) in [4.78, 5) is 57.2. The fourth-order valence-corrected chi connectivity index (χ4v) is 22.7. The predicted molar refractivity (Wildman–Crippen MR) is 342 cm³/mol. The molecule has 0 unspecified atom stereocenters. The molecule has 0 spiro atoms. The molecule has 85 heavy (non-hydrogen) atoms. The fourth-order valence-electron chi connectivity index (χ4n) is 12.1. The van der Waals surface area contributed by atoms with E-state index in [4.69, 9.17) is 14.5 Å². The van der Waals surface area contributed by atoms with E-state index in [0.29, 0.717) is 132 Å². The van der Waals surface area contributed by atoms with Gasteiger partial charge in [-0.05, 0) is 118 Å². The minimum absolute atomic E-state index is 0.137. The van der Waals surface area contributed by atoms with E-state index in [1.165, 1.54) is 12.1 Å². The van der Waals surface area contributed by atoms with Crippen LogP contribution in [0.3, 0.4) is 0 Å². The van der Waals surface area contributed by atoms with Gasteiger partial charge in [-0.25, -0.2) is 19.6 Å². The Labute approximate surface area is 507 Å². The number of aromatic nitrogens is 3. The number of fused-ring (bicyclic) bond motifs is 2. The van der Waals surface area contributed by atoms with E-state index in [0.717, 1.165) is 16.8 Å². The molecule has 0 atom stereocenters. The molecule has 0 aliphatic carbocycles. The van der Waals surface area contributed by atoms with Gasteiger partial charge in [-0.3, -0.25) is 24.5 Å². The maximum absolute atomic E-state index is 12.5. The van der Waals surface area contributed by atoms with E-state index in [9.17, 15) is 29.7 Å². The number of ether oxygens (including phenoxy) is 2. The van der Waals surface area contributed by atoms with Crippen LogP contribution in [0.5, 0.6) is 11.5 Å². The molecule has 0 saturated heterocycles. The van der Waals surface area contributed by atoms with Crippen LogP contribution in [0.4, 0.5) is 0 Å². The van der Waals surface area contributed by atoms with Crippen LogP contribution in [0.15, 0.2) is 91.0 Å². The van der Waals surface area contributed by atoms with Gasteiger partial charge in [-0.1, -0.05) is 113 Å². The Morgan fingerprint density at radius 3 is 1.24 bits per heavy atom. The number of hydrogen-bond acceptors (Lipinski definition) is 11. The molecule has 3 N–H and O–H groups in total. The first-order valence-electron chi connectivity index (χ1n) is 29.8. The lowest BCUT2D eigenvalue weighted by Crippen LogP contribution is -2.43. The Kier molecular flexibility index (Phi) is 24.7. The molecule has 4 heterocycles. The maximum atomic E-state index is 12.5. The van der Waals surface area contributed by atoms with Gasteiger partial charge in [0.05, 0.1) is 42.5 Å². The second-order valence-corrected chi connectivity index (χ2v) is 35.1. The van der Waals surface area contributed by atoms with Gasteiger partial charge in [0.2, 0.25) is 0 Å². The van der Waals surface area contributed by atoms with Crippen LogP contribution < -0.4 is 9.47 Å². The number of aliphatic carboxylic acids is 1. The Morgan fingerprint density at radius 1 is 0.482 bits per heavy atom. The zero-order valence-electron chi connectivity index (χ0n) is 51.9. The molecule has 2 bridgehead atoms. The van der Waals surface area contributed by atoms with Crippen LogP contribution in [-0.2, 0) is 31.0 Å². The summed E-state index contributed by atoms with van der Waals surface area (Å²) in [5.74, 6) is 17.7. The zero-order valence-corrected chi connectivity index (χ0v) is 53.9. The number of carboxylic acids is 3. The molecule has 0 radical (unpaired) electrons. The van der Waals surface area contributed by atoms with Crippen LogP contribution in [-0.4, -0.2) is 125 Å². The summed E-state index contributed by atoms with van der Waals surface area (Å²) in [6, 6.07) is 27.2. The number of nitrogens with zero attached hydrogens (tertiary/aromatic N) is 6. The fraction of sp³-hybridized carbons (Fsp3) is 0.449. The Morgan fingerprint density at radius 2 is 0.847 bits per heavy atom. The van der Waals surface area contributed by atoms with E-state index >= 15 is 0 Å². The smallest absolute Gasteiger partial charge is 0.354 e. The zero-order chi connectivity index (χ0) is 61.8. The van der Waals surface area contributed by atoms with Crippen molar-refractivity contribution in [1.29, 1.82) is 0 Å². The van der Waals surface area contributed by atoms with E-state index in [1.54, 1.807) is 12.1 Å². The lowest BCUT2D eigenvalue weighted by molar-refractivity contribution is -0.138. The minimum Gasteiger partial charge on any atom is -0.493 e. The molecule has 1 aliphatic rings. The summed E-state index contributed by atoms with van der Waals surface area (Å²) in [6.45, 7) is 31.2. The Hall–Kier alpha value is -7.55. The summed E-state index contributed by atoms with van der Waals surface area (Å²) in [7, 11) is -3.62. The van der Waals surface area contributed by atoms with Crippen LogP contribution in [0.1, 0.15) is 162 Å². The molecular weight excluding hydrogens is 1100 g/mol. The van der Waals surface area contributed by atoms with Crippen molar-refractivity contribution in [3.8, 4) is 58.1 Å². The largest absolute Gasteiger partial charge is 0.493 e. The topological polar surface area (TPSA) is 179 Å². The first-order chi connectivity index (χ1) is 40.5. The van der Waals surface area contributed by atoms with Crippen LogP contribution in [0.25, 0.3) is 0 Å². The normalized spacial score (nSPS) is 13.6. The van der Waals surface area contributed by atoms with Crippen molar-refractivity contribution in [3.05, 3.63) is 147 Å². The SMILES string of the molecule is CC(C)[Si](C#CCCOc1ccc(C#Cc2cc(CN3CCN(CC(=O)O)Cc4cccc(n4)CN(Cc4cc(C#Cc5ccc(OCCC#C[Si](C(C)C)(C(C)C)C(C)C)cc5)cc(C(=O)O)n4)CC3)nc(C(=O)O)c2)cc1)(C(C)C)C(C)C. The first kappa shape index (κ1) is 66.6. The van der Waals surface area contributed by atoms with Crippen molar-refractivity contribution in [1.82, 2.24) is 29.7 Å². The Bertz CT molecular complexity index is 3310. The van der Waals surface area contributed by atoms with Crippen molar-refractivity contribution in [2.45, 2.75) is 155 Å². The van der Waals surface area contributed by atoms with E-state index < -0.39 is 34.1 Å². The van der Waals surface area contributed by atoms with Gasteiger partial charge in [0.25, 0.3) is 0 Å².